The minimum absolute atomic E-state index is 0.103. The van der Waals surface area contributed by atoms with Crippen LogP contribution in [0.3, 0.4) is 0 Å². The molecule has 7 nitrogen and oxygen atoms in total. The van der Waals surface area contributed by atoms with Crippen molar-refractivity contribution < 1.29 is 9.18 Å². The van der Waals surface area contributed by atoms with Gasteiger partial charge in [-0.05, 0) is 29.3 Å². The predicted molar refractivity (Wildman–Crippen MR) is 96.4 cm³/mol. The van der Waals surface area contributed by atoms with Crippen molar-refractivity contribution in [1.29, 1.82) is 0 Å². The van der Waals surface area contributed by atoms with Crippen molar-refractivity contribution in [3.05, 3.63) is 77.6 Å². The number of halogens is 1. The van der Waals surface area contributed by atoms with E-state index in [1.54, 1.807) is 40.3 Å². The van der Waals surface area contributed by atoms with Gasteiger partial charge in [-0.15, -0.1) is 5.10 Å². The quantitative estimate of drug-likeness (QED) is 0.760. The van der Waals surface area contributed by atoms with Crippen LogP contribution < -0.4 is 5.32 Å². The highest BCUT2D eigenvalue weighted by atomic mass is 19.1. The number of amides is 1. The van der Waals surface area contributed by atoms with Crippen LogP contribution in [0, 0.1) is 5.82 Å². The van der Waals surface area contributed by atoms with Gasteiger partial charge < -0.3 is 10.2 Å². The van der Waals surface area contributed by atoms with E-state index < -0.39 is 0 Å². The third-order valence-electron chi connectivity index (χ3n) is 4.56. The third-order valence-corrected chi connectivity index (χ3v) is 4.56. The average Bonchev–Trinajstić information content (AvgIpc) is 3.16. The Kier molecular flexibility index (Phi) is 4.88. The molecule has 1 fully saturated rings. The van der Waals surface area contributed by atoms with Gasteiger partial charge in [-0.1, -0.05) is 23.4 Å². The Morgan fingerprint density at radius 2 is 2.22 bits per heavy atom. The van der Waals surface area contributed by atoms with Crippen LogP contribution in [-0.4, -0.2) is 50.4 Å². The average molecular weight is 366 g/mol. The monoisotopic (exact) mass is 366 g/mol. The van der Waals surface area contributed by atoms with Crippen molar-refractivity contribution in [3.63, 3.8) is 0 Å². The fourth-order valence-corrected chi connectivity index (χ4v) is 3.26. The molecule has 2 aromatic heterocycles. The number of aromatic nitrogens is 4. The molecule has 8 heteroatoms. The molecule has 0 saturated carbocycles. The highest BCUT2D eigenvalue weighted by Crippen LogP contribution is 2.23. The molecule has 4 rings (SSSR count). The number of hydrogen-bond donors (Lipinski definition) is 1. The second-order valence-corrected chi connectivity index (χ2v) is 6.44. The lowest BCUT2D eigenvalue weighted by Gasteiger charge is -2.35. The highest BCUT2D eigenvalue weighted by Gasteiger charge is 2.30. The largest absolute Gasteiger partial charge is 0.328 e. The van der Waals surface area contributed by atoms with Gasteiger partial charge in [0.05, 0.1) is 18.8 Å². The summed E-state index contributed by atoms with van der Waals surface area (Å²) < 4.78 is 14.9. The summed E-state index contributed by atoms with van der Waals surface area (Å²) >= 11 is 0. The molecule has 138 valence electrons. The molecule has 0 aliphatic carbocycles. The maximum Gasteiger partial charge on any atom is 0.276 e. The molecule has 1 N–H and O–H groups in total. The molecule has 1 aliphatic rings. The summed E-state index contributed by atoms with van der Waals surface area (Å²) in [5.74, 6) is -0.472. The Bertz CT molecular complexity index is 929. The smallest absolute Gasteiger partial charge is 0.276 e. The van der Waals surface area contributed by atoms with Crippen molar-refractivity contribution in [2.45, 2.75) is 12.6 Å². The molecule has 1 atom stereocenters. The third kappa shape index (κ3) is 3.85. The number of pyridine rings is 1. The van der Waals surface area contributed by atoms with Gasteiger partial charge in [0, 0.05) is 32.0 Å². The molecule has 0 bridgehead atoms. The van der Waals surface area contributed by atoms with Crippen LogP contribution in [0.25, 0.3) is 0 Å². The summed E-state index contributed by atoms with van der Waals surface area (Å²) in [5, 5.41) is 11.4. The van der Waals surface area contributed by atoms with Crippen molar-refractivity contribution >= 4 is 5.91 Å². The van der Waals surface area contributed by atoms with Gasteiger partial charge in [0.1, 0.15) is 5.82 Å². The van der Waals surface area contributed by atoms with E-state index >= 15 is 0 Å². The van der Waals surface area contributed by atoms with E-state index in [1.807, 2.05) is 12.1 Å². The van der Waals surface area contributed by atoms with Crippen LogP contribution in [0.4, 0.5) is 4.39 Å². The number of piperazine rings is 1. The number of nitrogens with zero attached hydrogens (tertiary/aromatic N) is 5. The van der Waals surface area contributed by atoms with Crippen molar-refractivity contribution in [1.82, 2.24) is 30.2 Å². The van der Waals surface area contributed by atoms with Crippen LogP contribution in [0.15, 0.2) is 55.0 Å². The maximum atomic E-state index is 13.3. The van der Waals surface area contributed by atoms with Gasteiger partial charge in [-0.2, -0.15) is 0 Å². The Labute approximate surface area is 155 Å². The molecular formula is C19H19FN6O. The summed E-state index contributed by atoms with van der Waals surface area (Å²) in [7, 11) is 0. The summed E-state index contributed by atoms with van der Waals surface area (Å²) in [6.07, 6.45) is 5.10. The zero-order chi connectivity index (χ0) is 18.6. The van der Waals surface area contributed by atoms with Crippen LogP contribution in [0.5, 0.6) is 0 Å². The first-order valence-electron chi connectivity index (χ1n) is 8.77. The Morgan fingerprint density at radius 1 is 1.30 bits per heavy atom. The molecule has 1 saturated heterocycles. The molecule has 3 heterocycles. The van der Waals surface area contributed by atoms with E-state index in [4.69, 9.17) is 0 Å². The predicted octanol–water partition coefficient (Wildman–Crippen LogP) is 1.65. The Hall–Kier alpha value is -3.13. The normalized spacial score (nSPS) is 17.1. The van der Waals surface area contributed by atoms with Crippen LogP contribution in [0.2, 0.25) is 0 Å². The summed E-state index contributed by atoms with van der Waals surface area (Å²) in [6, 6.07) is 10.0. The van der Waals surface area contributed by atoms with E-state index in [0.29, 0.717) is 19.6 Å². The topological polar surface area (TPSA) is 75.9 Å². The highest BCUT2D eigenvalue weighted by molar-refractivity contribution is 5.92. The molecule has 1 aliphatic heterocycles. The van der Waals surface area contributed by atoms with E-state index in [0.717, 1.165) is 17.7 Å². The first-order valence-corrected chi connectivity index (χ1v) is 8.77. The van der Waals surface area contributed by atoms with Crippen LogP contribution in [0.1, 0.15) is 27.7 Å². The SMILES string of the molecule is O=C(c1cn(Cc2cccc(F)c2)nn1)N1CCNCC1c1cccnc1. The number of nitrogens with one attached hydrogen (secondary N) is 1. The lowest BCUT2D eigenvalue weighted by Crippen LogP contribution is -2.48. The molecule has 27 heavy (non-hydrogen) atoms. The van der Waals surface area contributed by atoms with Crippen LogP contribution in [-0.2, 0) is 6.54 Å². The van der Waals surface area contributed by atoms with Gasteiger partial charge in [0.15, 0.2) is 5.69 Å². The first-order chi connectivity index (χ1) is 13.2. The second-order valence-electron chi connectivity index (χ2n) is 6.44. The van der Waals surface area contributed by atoms with E-state index in [9.17, 15) is 9.18 Å². The molecule has 0 spiro atoms. The van der Waals surface area contributed by atoms with Gasteiger partial charge in [-0.3, -0.25) is 9.78 Å². The molecular weight excluding hydrogens is 347 g/mol. The summed E-state index contributed by atoms with van der Waals surface area (Å²) in [6.45, 7) is 2.32. The first kappa shape index (κ1) is 17.3. The maximum absolute atomic E-state index is 13.3. The van der Waals surface area contributed by atoms with Gasteiger partial charge in [0.2, 0.25) is 0 Å². The fraction of sp³-hybridized carbons (Fsp3) is 0.263. The Balaban J connectivity index is 1.52. The van der Waals surface area contributed by atoms with Crippen molar-refractivity contribution in [2.75, 3.05) is 19.6 Å². The van der Waals surface area contributed by atoms with Crippen molar-refractivity contribution in [2.24, 2.45) is 0 Å². The standard InChI is InChI=1S/C19H19FN6O/c20-16-5-1-3-14(9-16)12-25-13-17(23-24-25)19(27)26-8-7-22-11-18(26)15-4-2-6-21-10-15/h1-6,9-10,13,18,22H,7-8,11-12H2. The minimum Gasteiger partial charge on any atom is -0.328 e. The summed E-state index contributed by atoms with van der Waals surface area (Å²) in [4.78, 5) is 19.0. The zero-order valence-electron chi connectivity index (χ0n) is 14.6. The molecule has 1 unspecified atom stereocenters. The second kappa shape index (κ2) is 7.63. The minimum atomic E-state index is -0.302. The molecule has 1 aromatic carbocycles. The van der Waals surface area contributed by atoms with Gasteiger partial charge in [0.25, 0.3) is 5.91 Å². The van der Waals surface area contributed by atoms with Crippen molar-refractivity contribution in [3.8, 4) is 0 Å². The number of carbonyl (C=O) groups excluding carboxylic acids is 1. The fourth-order valence-electron chi connectivity index (χ4n) is 3.26. The molecule has 1 amide bonds. The number of hydrogen-bond acceptors (Lipinski definition) is 5. The van der Waals surface area contributed by atoms with Gasteiger partial charge in [-0.25, -0.2) is 9.07 Å². The molecule has 0 radical (unpaired) electrons. The number of benzene rings is 1. The Morgan fingerprint density at radius 3 is 3.04 bits per heavy atom. The molecule has 3 aromatic rings. The van der Waals surface area contributed by atoms with E-state index in [2.05, 4.69) is 20.6 Å². The van der Waals surface area contributed by atoms with Crippen LogP contribution >= 0.6 is 0 Å². The lowest BCUT2D eigenvalue weighted by atomic mass is 10.0. The summed E-state index contributed by atoms with van der Waals surface area (Å²) in [5.41, 5.74) is 2.02. The number of carbonyl (C=O) groups is 1. The number of rotatable bonds is 4. The zero-order valence-corrected chi connectivity index (χ0v) is 14.6. The lowest BCUT2D eigenvalue weighted by molar-refractivity contribution is 0.0627. The van der Waals surface area contributed by atoms with E-state index in [-0.39, 0.29) is 23.5 Å². The van der Waals surface area contributed by atoms with Gasteiger partial charge >= 0.3 is 0 Å². The van der Waals surface area contributed by atoms with E-state index in [1.165, 1.54) is 12.1 Å².